The van der Waals surface area contributed by atoms with Crippen LogP contribution in [0.5, 0.6) is 0 Å². The summed E-state index contributed by atoms with van der Waals surface area (Å²) in [6.07, 6.45) is 12.1. The largest absolute Gasteiger partial charge is 0.0882 e. The van der Waals surface area contributed by atoms with Crippen LogP contribution in [0.4, 0.5) is 0 Å². The number of allylic oxidation sites excluding steroid dienone is 2. The van der Waals surface area contributed by atoms with Crippen molar-refractivity contribution in [3.05, 3.63) is 12.2 Å². The molecule has 2 unspecified atom stereocenters. The van der Waals surface area contributed by atoms with Gasteiger partial charge in [-0.1, -0.05) is 12.2 Å². The maximum absolute atomic E-state index is 2.45. The second-order valence-electron chi connectivity index (χ2n) is 3.36. The van der Waals surface area contributed by atoms with Crippen LogP contribution in [-0.2, 0) is 0 Å². The van der Waals surface area contributed by atoms with Crippen LogP contribution in [-0.4, -0.2) is 0 Å². The number of fused-ring (bicyclic) bond motifs is 1. The van der Waals surface area contributed by atoms with Crippen molar-refractivity contribution in [1.29, 1.82) is 0 Å². The van der Waals surface area contributed by atoms with Crippen molar-refractivity contribution in [1.82, 2.24) is 0 Å². The molecule has 2 atom stereocenters. The molecule has 0 heterocycles. The average Bonchev–Trinajstić information content (AvgIpc) is 1.94. The quantitative estimate of drug-likeness (QED) is 0.433. The first-order chi connectivity index (χ1) is 4.47. The Hall–Kier alpha value is -0.260. The molecule has 0 aromatic carbocycles. The molecule has 0 spiro atoms. The molecule has 0 bridgehead atoms. The molecular formula is C9H14. The van der Waals surface area contributed by atoms with Crippen LogP contribution in [0.25, 0.3) is 0 Å². The van der Waals surface area contributed by atoms with Crippen molar-refractivity contribution in [3.8, 4) is 0 Å². The van der Waals surface area contributed by atoms with Crippen molar-refractivity contribution in [2.24, 2.45) is 11.8 Å². The minimum absolute atomic E-state index is 0.993. The topological polar surface area (TPSA) is 0 Å². The maximum Gasteiger partial charge on any atom is -0.0205 e. The van der Waals surface area contributed by atoms with Gasteiger partial charge >= 0.3 is 0 Å². The van der Waals surface area contributed by atoms with Crippen LogP contribution < -0.4 is 0 Å². The fourth-order valence-electron chi connectivity index (χ4n) is 1.98. The van der Waals surface area contributed by atoms with Gasteiger partial charge in [-0.15, -0.1) is 0 Å². The minimum atomic E-state index is 0.993. The first-order valence-electron chi connectivity index (χ1n) is 4.13. The highest BCUT2D eigenvalue weighted by Gasteiger charge is 2.28. The molecule has 0 aromatic rings. The first kappa shape index (κ1) is 5.52. The van der Waals surface area contributed by atoms with Gasteiger partial charge in [0.15, 0.2) is 0 Å². The van der Waals surface area contributed by atoms with E-state index in [1.54, 1.807) is 0 Å². The Morgan fingerprint density at radius 1 is 1.11 bits per heavy atom. The van der Waals surface area contributed by atoms with Crippen LogP contribution in [0.2, 0.25) is 0 Å². The molecule has 50 valence electrons. The molecule has 0 N–H and O–H groups in total. The SMILES string of the molecule is C1=CC2CCC2CCC1. The summed E-state index contributed by atoms with van der Waals surface area (Å²) in [5.74, 6) is 2.08. The second kappa shape index (κ2) is 2.17. The molecule has 0 nitrogen and oxygen atoms in total. The third-order valence-corrected chi connectivity index (χ3v) is 2.81. The van der Waals surface area contributed by atoms with Gasteiger partial charge in [0.05, 0.1) is 0 Å². The smallest absolute Gasteiger partial charge is 0.0205 e. The molecule has 1 saturated carbocycles. The molecule has 0 radical (unpaired) electrons. The lowest BCUT2D eigenvalue weighted by Crippen LogP contribution is -2.22. The van der Waals surface area contributed by atoms with Crippen molar-refractivity contribution >= 4 is 0 Å². The fraction of sp³-hybridized carbons (Fsp3) is 0.778. The Kier molecular flexibility index (Phi) is 1.33. The van der Waals surface area contributed by atoms with Gasteiger partial charge < -0.3 is 0 Å². The zero-order valence-electron chi connectivity index (χ0n) is 5.84. The predicted molar refractivity (Wildman–Crippen MR) is 39.2 cm³/mol. The zero-order valence-corrected chi connectivity index (χ0v) is 5.84. The Morgan fingerprint density at radius 2 is 2.11 bits per heavy atom. The van der Waals surface area contributed by atoms with Crippen molar-refractivity contribution < 1.29 is 0 Å². The van der Waals surface area contributed by atoms with Gasteiger partial charge in [-0.25, -0.2) is 0 Å². The molecule has 0 amide bonds. The lowest BCUT2D eigenvalue weighted by Gasteiger charge is -2.33. The molecule has 0 heteroatoms. The fourth-order valence-corrected chi connectivity index (χ4v) is 1.98. The van der Waals surface area contributed by atoms with Gasteiger partial charge in [0.1, 0.15) is 0 Å². The van der Waals surface area contributed by atoms with Crippen LogP contribution in [0.15, 0.2) is 12.2 Å². The Balaban J connectivity index is 2.02. The van der Waals surface area contributed by atoms with E-state index in [-0.39, 0.29) is 0 Å². The van der Waals surface area contributed by atoms with Gasteiger partial charge in [-0.05, 0) is 43.9 Å². The maximum atomic E-state index is 2.45. The number of hydrogen-bond acceptors (Lipinski definition) is 0. The molecule has 2 aliphatic carbocycles. The van der Waals surface area contributed by atoms with E-state index in [2.05, 4.69) is 12.2 Å². The van der Waals surface area contributed by atoms with E-state index in [1.807, 2.05) is 0 Å². The molecule has 0 aromatic heterocycles. The second-order valence-corrected chi connectivity index (χ2v) is 3.36. The van der Waals surface area contributed by atoms with Crippen molar-refractivity contribution in [2.75, 3.05) is 0 Å². The van der Waals surface area contributed by atoms with Crippen molar-refractivity contribution in [2.45, 2.75) is 32.1 Å². The van der Waals surface area contributed by atoms with Gasteiger partial charge in [-0.3, -0.25) is 0 Å². The summed E-state index contributed by atoms with van der Waals surface area (Å²) in [7, 11) is 0. The lowest BCUT2D eigenvalue weighted by molar-refractivity contribution is 0.214. The highest BCUT2D eigenvalue weighted by atomic mass is 14.3. The van der Waals surface area contributed by atoms with Crippen LogP contribution >= 0.6 is 0 Å². The number of hydrogen-bond donors (Lipinski definition) is 0. The predicted octanol–water partition coefficient (Wildman–Crippen LogP) is 2.75. The van der Waals surface area contributed by atoms with Crippen LogP contribution in [0, 0.1) is 11.8 Å². The highest BCUT2D eigenvalue weighted by molar-refractivity contribution is 4.99. The van der Waals surface area contributed by atoms with E-state index in [9.17, 15) is 0 Å². The highest BCUT2D eigenvalue weighted by Crippen LogP contribution is 2.40. The Bertz CT molecular complexity index is 124. The van der Waals surface area contributed by atoms with Crippen molar-refractivity contribution in [3.63, 3.8) is 0 Å². The van der Waals surface area contributed by atoms with Crippen LogP contribution in [0.1, 0.15) is 32.1 Å². The summed E-state index contributed by atoms with van der Waals surface area (Å²) < 4.78 is 0. The van der Waals surface area contributed by atoms with E-state index >= 15 is 0 Å². The standard InChI is InChI=1S/C9H14/c1-2-4-8-6-7-9(8)5-3-1/h2,4,8-9H,1,3,5-7H2. The summed E-state index contributed by atoms with van der Waals surface area (Å²) in [6.45, 7) is 0. The molecule has 2 rings (SSSR count). The van der Waals surface area contributed by atoms with E-state index in [0.29, 0.717) is 0 Å². The summed E-state index contributed by atoms with van der Waals surface area (Å²) in [5, 5.41) is 0. The zero-order chi connectivity index (χ0) is 6.10. The summed E-state index contributed by atoms with van der Waals surface area (Å²) in [6, 6.07) is 0. The minimum Gasteiger partial charge on any atom is -0.0882 e. The normalized spacial score (nSPS) is 40.9. The van der Waals surface area contributed by atoms with Gasteiger partial charge in [-0.2, -0.15) is 0 Å². The Morgan fingerprint density at radius 3 is 2.89 bits per heavy atom. The summed E-state index contributed by atoms with van der Waals surface area (Å²) >= 11 is 0. The molecule has 9 heavy (non-hydrogen) atoms. The van der Waals surface area contributed by atoms with E-state index in [0.717, 1.165) is 11.8 Å². The molecule has 1 fully saturated rings. The van der Waals surface area contributed by atoms with Gasteiger partial charge in [0, 0.05) is 0 Å². The van der Waals surface area contributed by atoms with Gasteiger partial charge in [0.2, 0.25) is 0 Å². The monoisotopic (exact) mass is 122 g/mol. The van der Waals surface area contributed by atoms with E-state index in [4.69, 9.17) is 0 Å². The third-order valence-electron chi connectivity index (χ3n) is 2.81. The lowest BCUT2D eigenvalue weighted by atomic mass is 9.72. The first-order valence-corrected chi connectivity index (χ1v) is 4.13. The molecular weight excluding hydrogens is 108 g/mol. The Labute approximate surface area is 57.0 Å². The van der Waals surface area contributed by atoms with Gasteiger partial charge in [0.25, 0.3) is 0 Å². The summed E-state index contributed by atoms with van der Waals surface area (Å²) in [4.78, 5) is 0. The molecule has 0 aliphatic heterocycles. The number of rotatable bonds is 0. The van der Waals surface area contributed by atoms with Crippen LogP contribution in [0.3, 0.4) is 0 Å². The van der Waals surface area contributed by atoms with E-state index in [1.165, 1.54) is 32.1 Å². The molecule has 2 aliphatic rings. The third kappa shape index (κ3) is 0.910. The summed E-state index contributed by atoms with van der Waals surface area (Å²) in [5.41, 5.74) is 0. The average molecular weight is 122 g/mol. The van der Waals surface area contributed by atoms with E-state index < -0.39 is 0 Å². The molecule has 0 saturated heterocycles.